The van der Waals surface area contributed by atoms with Crippen molar-refractivity contribution in [1.82, 2.24) is 9.55 Å². The molecule has 0 unspecified atom stereocenters. The second-order valence-corrected chi connectivity index (χ2v) is 5.39. The van der Waals surface area contributed by atoms with Crippen molar-refractivity contribution in [3.05, 3.63) is 11.9 Å². The fourth-order valence-corrected chi connectivity index (χ4v) is 2.62. The van der Waals surface area contributed by atoms with Crippen LogP contribution < -0.4 is 0 Å². The lowest BCUT2D eigenvalue weighted by molar-refractivity contribution is -0.133. The Morgan fingerprint density at radius 3 is 3.00 bits per heavy atom. The summed E-state index contributed by atoms with van der Waals surface area (Å²) < 4.78 is 2.19. The zero-order chi connectivity index (χ0) is 12.3. The van der Waals surface area contributed by atoms with E-state index in [-0.39, 0.29) is 5.75 Å². The highest BCUT2D eigenvalue weighted by Gasteiger charge is 2.22. The fourth-order valence-electron chi connectivity index (χ4n) is 1.87. The third-order valence-electron chi connectivity index (χ3n) is 3.05. The second kappa shape index (κ2) is 5.58. The summed E-state index contributed by atoms with van der Waals surface area (Å²) in [6.07, 6.45) is 6.73. The maximum absolute atomic E-state index is 10.6. The number of aliphatic carboxylic acids is 1. The van der Waals surface area contributed by atoms with Gasteiger partial charge in [-0.25, -0.2) is 4.98 Å². The molecule has 0 spiro atoms. The van der Waals surface area contributed by atoms with Gasteiger partial charge in [-0.1, -0.05) is 31.5 Å². The van der Waals surface area contributed by atoms with Gasteiger partial charge < -0.3 is 9.67 Å². The first-order valence-corrected chi connectivity index (χ1v) is 7.08. The molecule has 1 fully saturated rings. The average Bonchev–Trinajstić information content (AvgIpc) is 3.04. The van der Waals surface area contributed by atoms with Crippen LogP contribution in [0.5, 0.6) is 0 Å². The molecule has 94 valence electrons. The predicted molar refractivity (Wildman–Crippen MR) is 67.3 cm³/mol. The van der Waals surface area contributed by atoms with Crippen LogP contribution in [0.1, 0.15) is 31.9 Å². The maximum Gasteiger partial charge on any atom is 0.313 e. The molecule has 17 heavy (non-hydrogen) atoms. The van der Waals surface area contributed by atoms with Gasteiger partial charge in [-0.05, 0) is 18.8 Å². The van der Waals surface area contributed by atoms with Crippen molar-refractivity contribution in [2.75, 3.05) is 5.75 Å². The Morgan fingerprint density at radius 2 is 2.41 bits per heavy atom. The van der Waals surface area contributed by atoms with Crippen molar-refractivity contribution < 1.29 is 9.90 Å². The minimum atomic E-state index is -0.787. The lowest BCUT2D eigenvalue weighted by Crippen LogP contribution is -2.06. The van der Waals surface area contributed by atoms with E-state index in [9.17, 15) is 4.79 Å². The summed E-state index contributed by atoms with van der Waals surface area (Å²) >= 11 is 1.32. The molecular formula is C12H18N2O2S. The Balaban J connectivity index is 2.01. The molecule has 5 heteroatoms. The molecular weight excluding hydrogens is 236 g/mol. The zero-order valence-corrected chi connectivity index (χ0v) is 10.9. The average molecular weight is 254 g/mol. The molecule has 1 N–H and O–H groups in total. The molecule has 2 rings (SSSR count). The van der Waals surface area contributed by atoms with E-state index >= 15 is 0 Å². The van der Waals surface area contributed by atoms with Crippen molar-refractivity contribution in [1.29, 1.82) is 0 Å². The van der Waals surface area contributed by atoms with E-state index in [0.29, 0.717) is 0 Å². The first kappa shape index (κ1) is 12.5. The molecule has 0 aromatic carbocycles. The van der Waals surface area contributed by atoms with Gasteiger partial charge in [0.15, 0.2) is 5.16 Å². The van der Waals surface area contributed by atoms with Gasteiger partial charge in [0.1, 0.15) is 0 Å². The highest BCUT2D eigenvalue weighted by atomic mass is 32.2. The molecule has 0 bridgehead atoms. The largest absolute Gasteiger partial charge is 0.481 e. The van der Waals surface area contributed by atoms with Crippen molar-refractivity contribution in [3.63, 3.8) is 0 Å². The van der Waals surface area contributed by atoms with Gasteiger partial charge in [-0.15, -0.1) is 0 Å². The van der Waals surface area contributed by atoms with E-state index in [2.05, 4.69) is 16.5 Å². The minimum Gasteiger partial charge on any atom is -0.481 e. The highest BCUT2D eigenvalue weighted by Crippen LogP contribution is 2.33. The minimum absolute atomic E-state index is 0.0869. The number of thioether (sulfide) groups is 1. The van der Waals surface area contributed by atoms with E-state index in [4.69, 9.17) is 5.11 Å². The second-order valence-electron chi connectivity index (χ2n) is 4.45. The Hall–Kier alpha value is -0.970. The molecule has 0 amide bonds. The van der Waals surface area contributed by atoms with Crippen LogP contribution in [0.25, 0.3) is 0 Å². The third-order valence-corrected chi connectivity index (χ3v) is 4.02. The normalized spacial score (nSPS) is 15.1. The molecule has 1 aromatic heterocycles. The zero-order valence-electron chi connectivity index (χ0n) is 10.1. The van der Waals surface area contributed by atoms with E-state index < -0.39 is 5.97 Å². The van der Waals surface area contributed by atoms with Gasteiger partial charge in [0.2, 0.25) is 0 Å². The maximum atomic E-state index is 10.6. The first-order chi connectivity index (χ1) is 8.20. The number of hydrogen-bond donors (Lipinski definition) is 1. The molecule has 1 saturated carbocycles. The number of imidazole rings is 1. The van der Waals surface area contributed by atoms with Gasteiger partial charge in [0.05, 0.1) is 5.75 Å². The summed E-state index contributed by atoms with van der Waals surface area (Å²) in [5.74, 6) is 0.188. The Labute approximate surface area is 105 Å². The number of carboxylic acid groups (broad SMARTS) is 1. The topological polar surface area (TPSA) is 55.1 Å². The van der Waals surface area contributed by atoms with Crippen LogP contribution >= 0.6 is 11.8 Å². The summed E-state index contributed by atoms with van der Waals surface area (Å²) in [6, 6.07) is 0. The van der Waals surface area contributed by atoms with Gasteiger partial charge in [-0.3, -0.25) is 4.79 Å². The molecule has 4 nitrogen and oxygen atoms in total. The molecule has 1 aromatic rings. The lowest BCUT2D eigenvalue weighted by Gasteiger charge is -2.09. The Morgan fingerprint density at radius 1 is 1.65 bits per heavy atom. The lowest BCUT2D eigenvalue weighted by atomic mass is 10.3. The van der Waals surface area contributed by atoms with Crippen molar-refractivity contribution >= 4 is 17.7 Å². The summed E-state index contributed by atoms with van der Waals surface area (Å²) in [7, 11) is 0. The van der Waals surface area contributed by atoms with Crippen LogP contribution in [0.4, 0.5) is 0 Å². The van der Waals surface area contributed by atoms with Gasteiger partial charge in [0.25, 0.3) is 0 Å². The van der Waals surface area contributed by atoms with Gasteiger partial charge in [-0.2, -0.15) is 0 Å². The summed E-state index contributed by atoms with van der Waals surface area (Å²) in [5, 5.41) is 9.55. The quantitative estimate of drug-likeness (QED) is 0.759. The summed E-state index contributed by atoms with van der Waals surface area (Å²) in [5.41, 5.74) is 1.21. The summed E-state index contributed by atoms with van der Waals surface area (Å²) in [6.45, 7) is 3.09. The van der Waals surface area contributed by atoms with E-state index in [1.807, 2.05) is 6.20 Å². The van der Waals surface area contributed by atoms with Crippen LogP contribution in [0.2, 0.25) is 0 Å². The number of aryl methyl sites for hydroxylation is 1. The highest BCUT2D eigenvalue weighted by molar-refractivity contribution is 7.99. The van der Waals surface area contributed by atoms with Gasteiger partial charge in [0, 0.05) is 18.4 Å². The van der Waals surface area contributed by atoms with Crippen LogP contribution in [0, 0.1) is 5.92 Å². The van der Waals surface area contributed by atoms with Crippen LogP contribution in [0.3, 0.4) is 0 Å². The monoisotopic (exact) mass is 254 g/mol. The van der Waals surface area contributed by atoms with Crippen LogP contribution in [0.15, 0.2) is 11.4 Å². The number of rotatable bonds is 7. The van der Waals surface area contributed by atoms with E-state index in [1.165, 1.54) is 36.7 Å². The SMILES string of the molecule is CCc1cnc(SCC(=O)O)n1CCC1CC1. The van der Waals surface area contributed by atoms with Crippen LogP contribution in [-0.4, -0.2) is 26.4 Å². The van der Waals surface area contributed by atoms with Crippen molar-refractivity contribution in [2.24, 2.45) is 5.92 Å². The molecule has 0 atom stereocenters. The molecule has 0 aliphatic heterocycles. The fraction of sp³-hybridized carbons (Fsp3) is 0.667. The smallest absolute Gasteiger partial charge is 0.313 e. The van der Waals surface area contributed by atoms with E-state index in [0.717, 1.165) is 24.0 Å². The van der Waals surface area contributed by atoms with Crippen molar-refractivity contribution in [2.45, 2.75) is 44.3 Å². The Bertz CT molecular complexity index is 399. The number of nitrogens with zero attached hydrogens (tertiary/aromatic N) is 2. The molecule has 1 aliphatic rings. The van der Waals surface area contributed by atoms with Crippen LogP contribution in [-0.2, 0) is 17.8 Å². The Kier molecular flexibility index (Phi) is 4.10. The standard InChI is InChI=1S/C12H18N2O2S/c1-2-10-7-13-12(17-8-11(15)16)14(10)6-5-9-3-4-9/h7,9H,2-6,8H2,1H3,(H,15,16). The summed E-state index contributed by atoms with van der Waals surface area (Å²) in [4.78, 5) is 14.9. The van der Waals surface area contributed by atoms with Gasteiger partial charge >= 0.3 is 5.97 Å². The van der Waals surface area contributed by atoms with E-state index in [1.54, 1.807) is 0 Å². The number of carbonyl (C=O) groups is 1. The molecule has 1 aliphatic carbocycles. The number of carboxylic acids is 1. The molecule has 0 radical (unpaired) electrons. The predicted octanol–water partition coefficient (Wildman–Crippen LogP) is 2.42. The number of aromatic nitrogens is 2. The van der Waals surface area contributed by atoms with Crippen molar-refractivity contribution in [3.8, 4) is 0 Å². The first-order valence-electron chi connectivity index (χ1n) is 6.09. The third kappa shape index (κ3) is 3.49. The molecule has 0 saturated heterocycles. The molecule has 1 heterocycles. The number of hydrogen-bond acceptors (Lipinski definition) is 3.